The van der Waals surface area contributed by atoms with Gasteiger partial charge in [-0.05, 0) is 43.3 Å². The first-order valence-corrected chi connectivity index (χ1v) is 6.82. The minimum Gasteiger partial charge on any atom is -0.504 e. The van der Waals surface area contributed by atoms with Gasteiger partial charge in [0.05, 0.1) is 23.1 Å². The topological polar surface area (TPSA) is 80.0 Å². The molecule has 0 aliphatic heterocycles. The first-order valence-electron chi connectivity index (χ1n) is 6.82. The number of nitrogens with one attached hydrogen (secondary N) is 1. The largest absolute Gasteiger partial charge is 0.504 e. The number of benzene rings is 1. The van der Waals surface area contributed by atoms with Crippen molar-refractivity contribution in [1.82, 2.24) is 14.8 Å². The first kappa shape index (κ1) is 14.7. The summed E-state index contributed by atoms with van der Waals surface area (Å²) in [7, 11) is 0. The predicted molar refractivity (Wildman–Crippen MR) is 82.1 cm³/mol. The number of amides is 1. The van der Waals surface area contributed by atoms with Crippen molar-refractivity contribution in [3.63, 3.8) is 0 Å². The molecule has 0 bridgehead atoms. The molecule has 2 heterocycles. The molecule has 0 aliphatic carbocycles. The van der Waals surface area contributed by atoms with Gasteiger partial charge < -0.3 is 10.4 Å². The van der Waals surface area contributed by atoms with Crippen molar-refractivity contribution in [2.75, 3.05) is 5.32 Å². The molecule has 0 spiro atoms. The number of aromatic hydroxyl groups is 1. The molecule has 0 radical (unpaired) electrons. The smallest absolute Gasteiger partial charge is 0.260 e. The highest BCUT2D eigenvalue weighted by Gasteiger charge is 2.16. The van der Waals surface area contributed by atoms with Gasteiger partial charge in [0.2, 0.25) is 0 Å². The third kappa shape index (κ3) is 2.89. The lowest BCUT2D eigenvalue weighted by Gasteiger charge is -2.07. The summed E-state index contributed by atoms with van der Waals surface area (Å²) in [5.74, 6) is -0.831. The van der Waals surface area contributed by atoms with Crippen LogP contribution in [0.4, 0.5) is 10.2 Å². The zero-order valence-electron chi connectivity index (χ0n) is 12.2. The van der Waals surface area contributed by atoms with E-state index in [9.17, 15) is 14.3 Å². The van der Waals surface area contributed by atoms with E-state index in [1.165, 1.54) is 35.3 Å². The maximum absolute atomic E-state index is 13.0. The highest BCUT2D eigenvalue weighted by atomic mass is 19.1. The zero-order chi connectivity index (χ0) is 16.4. The van der Waals surface area contributed by atoms with Crippen molar-refractivity contribution in [2.45, 2.75) is 6.92 Å². The van der Waals surface area contributed by atoms with Crippen molar-refractivity contribution >= 4 is 11.7 Å². The van der Waals surface area contributed by atoms with Crippen molar-refractivity contribution < 1.29 is 14.3 Å². The number of halogens is 1. The van der Waals surface area contributed by atoms with E-state index in [-0.39, 0.29) is 17.4 Å². The summed E-state index contributed by atoms with van der Waals surface area (Å²) < 4.78 is 14.5. The van der Waals surface area contributed by atoms with Gasteiger partial charge in [-0.25, -0.2) is 14.1 Å². The van der Waals surface area contributed by atoms with Crippen LogP contribution in [-0.4, -0.2) is 25.8 Å². The molecule has 0 unspecified atom stereocenters. The van der Waals surface area contributed by atoms with Gasteiger partial charge >= 0.3 is 0 Å². The summed E-state index contributed by atoms with van der Waals surface area (Å²) >= 11 is 0. The zero-order valence-corrected chi connectivity index (χ0v) is 12.2. The molecule has 0 saturated carbocycles. The van der Waals surface area contributed by atoms with E-state index >= 15 is 0 Å². The number of pyridine rings is 1. The fourth-order valence-electron chi connectivity index (χ4n) is 2.14. The van der Waals surface area contributed by atoms with Gasteiger partial charge in [0.25, 0.3) is 5.91 Å². The van der Waals surface area contributed by atoms with Crippen LogP contribution in [0.1, 0.15) is 16.1 Å². The fourth-order valence-corrected chi connectivity index (χ4v) is 2.14. The number of carbonyl (C=O) groups excluding carboxylic acids is 1. The Bertz CT molecular complexity index is 859. The Hall–Kier alpha value is -3.22. The molecule has 23 heavy (non-hydrogen) atoms. The van der Waals surface area contributed by atoms with E-state index in [0.29, 0.717) is 16.9 Å². The maximum Gasteiger partial charge on any atom is 0.260 e. The third-order valence-corrected chi connectivity index (χ3v) is 3.34. The molecule has 0 aliphatic rings. The molecule has 2 aromatic heterocycles. The minimum atomic E-state index is -0.440. The lowest BCUT2D eigenvalue weighted by molar-refractivity contribution is 0.102. The highest BCUT2D eigenvalue weighted by molar-refractivity contribution is 6.05. The van der Waals surface area contributed by atoms with Crippen LogP contribution in [0.15, 0.2) is 48.8 Å². The van der Waals surface area contributed by atoms with Gasteiger partial charge in [0.15, 0.2) is 11.6 Å². The van der Waals surface area contributed by atoms with Gasteiger partial charge in [0.1, 0.15) is 5.82 Å². The average molecular weight is 312 g/mol. The average Bonchev–Trinajstić information content (AvgIpc) is 2.92. The van der Waals surface area contributed by atoms with Crippen LogP contribution >= 0.6 is 0 Å². The summed E-state index contributed by atoms with van der Waals surface area (Å²) in [5, 5.41) is 16.3. The molecule has 0 atom stereocenters. The molecule has 116 valence electrons. The molecule has 7 heteroatoms. The fraction of sp³-hybridized carbons (Fsp3) is 0.0625. The molecule has 3 rings (SSSR count). The van der Waals surface area contributed by atoms with E-state index in [4.69, 9.17) is 0 Å². The van der Waals surface area contributed by atoms with Crippen LogP contribution in [0.25, 0.3) is 5.69 Å². The van der Waals surface area contributed by atoms with Gasteiger partial charge in [-0.2, -0.15) is 5.10 Å². The molecule has 0 saturated heterocycles. The third-order valence-electron chi connectivity index (χ3n) is 3.34. The van der Waals surface area contributed by atoms with Crippen LogP contribution in [0.5, 0.6) is 5.75 Å². The van der Waals surface area contributed by atoms with E-state index in [0.717, 1.165) is 0 Å². The van der Waals surface area contributed by atoms with E-state index in [1.54, 1.807) is 25.1 Å². The monoisotopic (exact) mass is 312 g/mol. The summed E-state index contributed by atoms with van der Waals surface area (Å²) in [6.45, 7) is 1.73. The van der Waals surface area contributed by atoms with Gasteiger partial charge in [-0.1, -0.05) is 0 Å². The van der Waals surface area contributed by atoms with Crippen LogP contribution in [0.2, 0.25) is 0 Å². The van der Waals surface area contributed by atoms with Gasteiger partial charge in [-0.3, -0.25) is 4.79 Å². The number of nitrogens with zero attached hydrogens (tertiary/aromatic N) is 3. The standard InChI is InChI=1S/C16H13FN4O2/c1-10-13(16(23)20-15-14(22)3-2-8-18-15)9-19-21(10)12-6-4-11(17)5-7-12/h2-9,22H,1H3,(H,18,20,23). The second kappa shape index (κ2) is 5.88. The number of hydrogen-bond acceptors (Lipinski definition) is 4. The molecule has 1 amide bonds. The van der Waals surface area contributed by atoms with Crippen LogP contribution in [-0.2, 0) is 0 Å². The number of rotatable bonds is 3. The quantitative estimate of drug-likeness (QED) is 0.779. The minimum absolute atomic E-state index is 0.0754. The van der Waals surface area contributed by atoms with Crippen LogP contribution < -0.4 is 5.32 Å². The molecule has 0 fully saturated rings. The Morgan fingerprint density at radius 3 is 2.70 bits per heavy atom. The van der Waals surface area contributed by atoms with E-state index in [1.807, 2.05) is 0 Å². The molecule has 3 aromatic rings. The summed E-state index contributed by atoms with van der Waals surface area (Å²) in [6.07, 6.45) is 2.87. The summed E-state index contributed by atoms with van der Waals surface area (Å²) in [4.78, 5) is 16.2. The Balaban J connectivity index is 1.88. The highest BCUT2D eigenvalue weighted by Crippen LogP contribution is 2.20. The lowest BCUT2D eigenvalue weighted by Crippen LogP contribution is -2.14. The Morgan fingerprint density at radius 1 is 1.26 bits per heavy atom. The molecular formula is C16H13FN4O2. The van der Waals surface area contributed by atoms with Gasteiger partial charge in [-0.15, -0.1) is 0 Å². The maximum atomic E-state index is 13.0. The normalized spacial score (nSPS) is 10.5. The number of aromatic nitrogens is 3. The SMILES string of the molecule is Cc1c(C(=O)Nc2ncccc2O)cnn1-c1ccc(F)cc1. The number of hydrogen-bond donors (Lipinski definition) is 2. The molecule has 6 nitrogen and oxygen atoms in total. The van der Waals surface area contributed by atoms with Crippen molar-refractivity contribution in [2.24, 2.45) is 0 Å². The molecule has 2 N–H and O–H groups in total. The Kier molecular flexibility index (Phi) is 3.76. The van der Waals surface area contributed by atoms with Crippen molar-refractivity contribution in [1.29, 1.82) is 0 Å². The second-order valence-corrected chi connectivity index (χ2v) is 4.86. The van der Waals surface area contributed by atoms with E-state index in [2.05, 4.69) is 15.4 Å². The first-order chi connectivity index (χ1) is 11.1. The van der Waals surface area contributed by atoms with Crippen molar-refractivity contribution in [3.05, 3.63) is 65.9 Å². The summed E-state index contributed by atoms with van der Waals surface area (Å²) in [5.41, 5.74) is 1.56. The number of anilines is 1. The lowest BCUT2D eigenvalue weighted by atomic mass is 10.2. The second-order valence-electron chi connectivity index (χ2n) is 4.86. The Labute approximate surface area is 131 Å². The predicted octanol–water partition coefficient (Wildman–Crippen LogP) is 2.67. The van der Waals surface area contributed by atoms with Crippen LogP contribution in [0, 0.1) is 12.7 Å². The molecular weight excluding hydrogens is 299 g/mol. The summed E-state index contributed by atoms with van der Waals surface area (Å²) in [6, 6.07) is 8.77. The Morgan fingerprint density at radius 2 is 2.00 bits per heavy atom. The van der Waals surface area contributed by atoms with E-state index < -0.39 is 5.91 Å². The van der Waals surface area contributed by atoms with Crippen LogP contribution in [0.3, 0.4) is 0 Å². The van der Waals surface area contributed by atoms with Gasteiger partial charge in [0, 0.05) is 6.20 Å². The molecule has 1 aromatic carbocycles. The number of carbonyl (C=O) groups is 1. The van der Waals surface area contributed by atoms with Crippen molar-refractivity contribution in [3.8, 4) is 11.4 Å².